The van der Waals surface area contributed by atoms with E-state index < -0.39 is 11.6 Å². The molecule has 31 heavy (non-hydrogen) atoms. The molecule has 4 rings (SSSR count). The normalized spacial score (nSPS) is 21.8. The molecule has 0 spiro atoms. The van der Waals surface area contributed by atoms with Gasteiger partial charge in [0.25, 0.3) is 5.91 Å². The van der Waals surface area contributed by atoms with Crippen LogP contribution < -0.4 is 10.6 Å². The first-order chi connectivity index (χ1) is 14.8. The average molecular weight is 444 g/mol. The SMILES string of the molecule is Cc1cc(C)n(CC(=O)N2CCC([C@]3(Cc4ccccc4Cl)NC(=O)NC3=O)CC2)n1. The third kappa shape index (κ3) is 4.17. The van der Waals surface area contributed by atoms with Gasteiger partial charge in [-0.3, -0.25) is 19.6 Å². The Balaban J connectivity index is 1.47. The van der Waals surface area contributed by atoms with Crippen molar-refractivity contribution in [2.24, 2.45) is 5.92 Å². The highest BCUT2D eigenvalue weighted by Gasteiger charge is 2.52. The van der Waals surface area contributed by atoms with Gasteiger partial charge in [0.15, 0.2) is 0 Å². The first kappa shape index (κ1) is 21.4. The second-order valence-electron chi connectivity index (χ2n) is 8.39. The molecule has 164 valence electrons. The topological polar surface area (TPSA) is 96.3 Å². The summed E-state index contributed by atoms with van der Waals surface area (Å²) in [6, 6.07) is 8.80. The van der Waals surface area contributed by atoms with Crippen molar-refractivity contribution in [3.63, 3.8) is 0 Å². The molecule has 0 radical (unpaired) electrons. The summed E-state index contributed by atoms with van der Waals surface area (Å²) < 4.78 is 1.72. The van der Waals surface area contributed by atoms with E-state index in [1.807, 2.05) is 43.0 Å². The number of carbonyl (C=O) groups excluding carboxylic acids is 3. The van der Waals surface area contributed by atoms with Gasteiger partial charge in [-0.05, 0) is 50.3 Å². The third-order valence-electron chi connectivity index (χ3n) is 6.33. The predicted octanol–water partition coefficient (Wildman–Crippen LogP) is 2.21. The molecule has 2 fully saturated rings. The molecule has 0 unspecified atom stereocenters. The van der Waals surface area contributed by atoms with Gasteiger partial charge in [0.1, 0.15) is 12.1 Å². The number of piperidine rings is 1. The molecule has 8 nitrogen and oxygen atoms in total. The summed E-state index contributed by atoms with van der Waals surface area (Å²) in [7, 11) is 0. The Labute approximate surface area is 185 Å². The van der Waals surface area contributed by atoms with Crippen LogP contribution in [0.4, 0.5) is 4.79 Å². The monoisotopic (exact) mass is 443 g/mol. The van der Waals surface area contributed by atoms with Crippen molar-refractivity contribution in [1.82, 2.24) is 25.3 Å². The highest BCUT2D eigenvalue weighted by molar-refractivity contribution is 6.31. The maximum absolute atomic E-state index is 12.9. The van der Waals surface area contributed by atoms with E-state index in [0.717, 1.165) is 17.0 Å². The van der Waals surface area contributed by atoms with E-state index in [9.17, 15) is 14.4 Å². The van der Waals surface area contributed by atoms with Gasteiger partial charge in [0.05, 0.1) is 5.69 Å². The number of likely N-dealkylation sites (tertiary alicyclic amines) is 1. The van der Waals surface area contributed by atoms with Crippen molar-refractivity contribution in [3.8, 4) is 0 Å². The minimum absolute atomic E-state index is 0.00436. The molecule has 0 saturated carbocycles. The van der Waals surface area contributed by atoms with Gasteiger partial charge in [-0.2, -0.15) is 5.10 Å². The molecular formula is C22H26ClN5O3. The molecule has 1 aromatic heterocycles. The zero-order chi connectivity index (χ0) is 22.2. The van der Waals surface area contributed by atoms with E-state index in [-0.39, 0.29) is 24.3 Å². The molecule has 3 heterocycles. The number of halogens is 1. The van der Waals surface area contributed by atoms with Gasteiger partial charge in [-0.15, -0.1) is 0 Å². The van der Waals surface area contributed by atoms with Crippen LogP contribution >= 0.6 is 11.6 Å². The number of imide groups is 1. The molecule has 4 amide bonds. The minimum Gasteiger partial charge on any atom is -0.341 e. The summed E-state index contributed by atoms with van der Waals surface area (Å²) in [6.07, 6.45) is 1.54. The molecule has 2 aliphatic heterocycles. The zero-order valence-electron chi connectivity index (χ0n) is 17.7. The molecule has 9 heteroatoms. The van der Waals surface area contributed by atoms with E-state index in [0.29, 0.717) is 37.4 Å². The van der Waals surface area contributed by atoms with Gasteiger partial charge < -0.3 is 10.2 Å². The summed E-state index contributed by atoms with van der Waals surface area (Å²) in [5.74, 6) is -0.428. The number of aryl methyl sites for hydroxylation is 2. The number of benzene rings is 1. The Morgan fingerprint density at radius 2 is 1.94 bits per heavy atom. The largest absolute Gasteiger partial charge is 0.341 e. The lowest BCUT2D eigenvalue weighted by molar-refractivity contribution is -0.134. The average Bonchev–Trinajstić information content (AvgIpc) is 3.20. The lowest BCUT2D eigenvalue weighted by Gasteiger charge is -2.41. The smallest absolute Gasteiger partial charge is 0.322 e. The molecule has 0 aliphatic carbocycles. The quantitative estimate of drug-likeness (QED) is 0.692. The minimum atomic E-state index is -1.06. The number of rotatable bonds is 5. The van der Waals surface area contributed by atoms with E-state index in [2.05, 4.69) is 15.7 Å². The van der Waals surface area contributed by atoms with Gasteiger partial charge in [-0.1, -0.05) is 29.8 Å². The second kappa shape index (κ2) is 8.34. The van der Waals surface area contributed by atoms with Crippen LogP contribution in [0.1, 0.15) is 29.8 Å². The highest BCUT2D eigenvalue weighted by atomic mass is 35.5. The lowest BCUT2D eigenvalue weighted by Crippen LogP contribution is -2.58. The van der Waals surface area contributed by atoms with E-state index in [4.69, 9.17) is 11.6 Å². The van der Waals surface area contributed by atoms with Crippen LogP contribution in [-0.4, -0.2) is 51.2 Å². The predicted molar refractivity (Wildman–Crippen MR) is 116 cm³/mol. The van der Waals surface area contributed by atoms with Crippen LogP contribution in [0.5, 0.6) is 0 Å². The maximum Gasteiger partial charge on any atom is 0.322 e. The Kier molecular flexibility index (Phi) is 5.75. The van der Waals surface area contributed by atoms with Crippen LogP contribution in [-0.2, 0) is 22.6 Å². The number of nitrogens with zero attached hydrogens (tertiary/aromatic N) is 3. The summed E-state index contributed by atoms with van der Waals surface area (Å²) >= 11 is 6.34. The number of hydrogen-bond acceptors (Lipinski definition) is 4. The Hall–Kier alpha value is -2.87. The number of aromatic nitrogens is 2. The number of hydrogen-bond donors (Lipinski definition) is 2. The molecular weight excluding hydrogens is 418 g/mol. The maximum atomic E-state index is 12.9. The molecule has 2 N–H and O–H groups in total. The van der Waals surface area contributed by atoms with Crippen molar-refractivity contribution in [2.75, 3.05) is 13.1 Å². The summed E-state index contributed by atoms with van der Waals surface area (Å²) in [5.41, 5.74) is 1.58. The van der Waals surface area contributed by atoms with Crippen molar-refractivity contribution in [1.29, 1.82) is 0 Å². The van der Waals surface area contributed by atoms with Gasteiger partial charge in [0, 0.05) is 30.2 Å². The van der Waals surface area contributed by atoms with Crippen molar-refractivity contribution in [3.05, 3.63) is 52.3 Å². The van der Waals surface area contributed by atoms with Crippen LogP contribution in [0.15, 0.2) is 30.3 Å². The van der Waals surface area contributed by atoms with Crippen LogP contribution in [0, 0.1) is 19.8 Å². The highest BCUT2D eigenvalue weighted by Crippen LogP contribution is 2.35. The molecule has 1 aromatic carbocycles. The van der Waals surface area contributed by atoms with Gasteiger partial charge >= 0.3 is 6.03 Å². The van der Waals surface area contributed by atoms with Gasteiger partial charge in [0.2, 0.25) is 5.91 Å². The van der Waals surface area contributed by atoms with Crippen molar-refractivity contribution >= 4 is 29.4 Å². The van der Waals surface area contributed by atoms with Crippen molar-refractivity contribution < 1.29 is 14.4 Å². The van der Waals surface area contributed by atoms with Crippen LogP contribution in [0.3, 0.4) is 0 Å². The first-order valence-electron chi connectivity index (χ1n) is 10.4. The van der Waals surface area contributed by atoms with E-state index in [1.54, 1.807) is 10.7 Å². The third-order valence-corrected chi connectivity index (χ3v) is 6.70. The van der Waals surface area contributed by atoms with E-state index in [1.165, 1.54) is 0 Å². The second-order valence-corrected chi connectivity index (χ2v) is 8.79. The Bertz CT molecular complexity index is 1030. The summed E-state index contributed by atoms with van der Waals surface area (Å²) in [5, 5.41) is 10.2. The number of carbonyl (C=O) groups is 3. The Morgan fingerprint density at radius 3 is 2.52 bits per heavy atom. The summed E-state index contributed by atoms with van der Waals surface area (Å²) in [4.78, 5) is 39.5. The van der Waals surface area contributed by atoms with Crippen LogP contribution in [0.2, 0.25) is 5.02 Å². The number of urea groups is 1. The molecule has 1 atom stereocenters. The Morgan fingerprint density at radius 1 is 1.23 bits per heavy atom. The molecule has 0 bridgehead atoms. The zero-order valence-corrected chi connectivity index (χ0v) is 18.4. The molecule has 2 aliphatic rings. The fourth-order valence-electron chi connectivity index (χ4n) is 4.69. The number of nitrogens with one attached hydrogen (secondary N) is 2. The lowest BCUT2D eigenvalue weighted by atomic mass is 9.74. The van der Waals surface area contributed by atoms with E-state index >= 15 is 0 Å². The fraction of sp³-hybridized carbons (Fsp3) is 0.455. The van der Waals surface area contributed by atoms with Crippen LogP contribution in [0.25, 0.3) is 0 Å². The molecule has 2 saturated heterocycles. The van der Waals surface area contributed by atoms with Crippen molar-refractivity contribution in [2.45, 2.75) is 45.2 Å². The first-order valence-corrected chi connectivity index (χ1v) is 10.8. The standard InChI is InChI=1S/C22H26ClN5O3/c1-14-11-15(2)28(26-14)13-19(29)27-9-7-17(8-10-27)22(20(30)24-21(31)25-22)12-16-5-3-4-6-18(16)23/h3-6,11,17H,7-10,12-13H2,1-2H3,(H2,24,25,30,31)/t22-/m0/s1. The molecule has 2 aromatic rings. The summed E-state index contributed by atoms with van der Waals surface area (Å²) in [6.45, 7) is 5.08. The fourth-order valence-corrected chi connectivity index (χ4v) is 4.89. The number of amides is 4. The van der Waals surface area contributed by atoms with Gasteiger partial charge in [-0.25, -0.2) is 4.79 Å².